The zero-order valence-corrected chi connectivity index (χ0v) is 5.79. The molecule has 0 aromatic heterocycles. The zero-order valence-electron chi connectivity index (χ0n) is 5.79. The monoisotopic (exact) mass is 144 g/mol. The van der Waals surface area contributed by atoms with E-state index in [1.54, 1.807) is 6.26 Å². The largest absolute Gasteiger partial charge is 0.501 e. The summed E-state index contributed by atoms with van der Waals surface area (Å²) in [5.41, 5.74) is 0.800. The van der Waals surface area contributed by atoms with Crippen molar-refractivity contribution in [3.8, 4) is 0 Å². The molecule has 3 heteroatoms. The molecule has 1 heterocycles. The normalized spacial score (nSPS) is 21.2. The van der Waals surface area contributed by atoms with E-state index in [2.05, 4.69) is 0 Å². The number of hydrogen-bond acceptors (Lipinski definition) is 3. The van der Waals surface area contributed by atoms with Crippen LogP contribution in [0.25, 0.3) is 0 Å². The highest BCUT2D eigenvalue weighted by Crippen LogP contribution is 2.14. The lowest BCUT2D eigenvalue weighted by molar-refractivity contribution is 0.107. The van der Waals surface area contributed by atoms with E-state index in [4.69, 9.17) is 14.9 Å². The van der Waals surface area contributed by atoms with E-state index in [-0.39, 0.29) is 6.61 Å². The number of aliphatic hydroxyl groups is 2. The molecule has 58 valence electrons. The van der Waals surface area contributed by atoms with Crippen molar-refractivity contribution in [2.24, 2.45) is 0 Å². The average molecular weight is 144 g/mol. The van der Waals surface area contributed by atoms with Gasteiger partial charge in [-0.25, -0.2) is 0 Å². The zero-order chi connectivity index (χ0) is 7.40. The van der Waals surface area contributed by atoms with E-state index in [9.17, 15) is 0 Å². The van der Waals surface area contributed by atoms with Gasteiger partial charge in [-0.15, -0.1) is 0 Å². The quantitative estimate of drug-likeness (QED) is 0.575. The first kappa shape index (κ1) is 7.57. The van der Waals surface area contributed by atoms with Gasteiger partial charge in [-0.1, -0.05) is 0 Å². The fourth-order valence-corrected chi connectivity index (χ4v) is 0.947. The number of ether oxygens (including phenoxy) is 1. The van der Waals surface area contributed by atoms with E-state index in [1.165, 1.54) is 0 Å². The van der Waals surface area contributed by atoms with Crippen LogP contribution in [0.15, 0.2) is 11.8 Å². The van der Waals surface area contributed by atoms with E-state index in [0.29, 0.717) is 0 Å². The maximum Gasteiger partial charge on any atom is 0.101 e. The number of hydrogen-bond donors (Lipinski definition) is 2. The van der Waals surface area contributed by atoms with Gasteiger partial charge in [0.1, 0.15) is 6.10 Å². The summed E-state index contributed by atoms with van der Waals surface area (Å²) in [7, 11) is 0. The first-order chi connectivity index (χ1) is 4.84. The smallest absolute Gasteiger partial charge is 0.101 e. The van der Waals surface area contributed by atoms with E-state index in [0.717, 1.165) is 25.0 Å². The van der Waals surface area contributed by atoms with Gasteiger partial charge in [0.2, 0.25) is 0 Å². The molecule has 0 saturated carbocycles. The van der Waals surface area contributed by atoms with Crippen molar-refractivity contribution in [3.05, 3.63) is 11.8 Å². The third-order valence-corrected chi connectivity index (χ3v) is 1.56. The topological polar surface area (TPSA) is 49.7 Å². The summed E-state index contributed by atoms with van der Waals surface area (Å²) in [6, 6.07) is 0. The second-order valence-electron chi connectivity index (χ2n) is 2.37. The first-order valence-electron chi connectivity index (χ1n) is 3.44. The predicted molar refractivity (Wildman–Crippen MR) is 36.4 cm³/mol. The fraction of sp³-hybridized carbons (Fsp3) is 0.714. The fourth-order valence-electron chi connectivity index (χ4n) is 0.947. The van der Waals surface area contributed by atoms with Crippen LogP contribution in [0, 0.1) is 0 Å². The summed E-state index contributed by atoms with van der Waals surface area (Å²) in [5, 5.41) is 17.6. The summed E-state index contributed by atoms with van der Waals surface area (Å²) in [6.07, 6.45) is 2.59. The third-order valence-electron chi connectivity index (χ3n) is 1.56. The Hall–Kier alpha value is -0.540. The minimum Gasteiger partial charge on any atom is -0.501 e. The Morgan fingerprint density at radius 1 is 1.70 bits per heavy atom. The van der Waals surface area contributed by atoms with E-state index < -0.39 is 6.10 Å². The Morgan fingerprint density at radius 2 is 2.50 bits per heavy atom. The summed E-state index contributed by atoms with van der Waals surface area (Å²) in [4.78, 5) is 0. The van der Waals surface area contributed by atoms with Crippen LogP contribution in [0.1, 0.15) is 12.8 Å². The van der Waals surface area contributed by atoms with Crippen LogP contribution in [-0.2, 0) is 4.74 Å². The highest BCUT2D eigenvalue weighted by molar-refractivity contribution is 5.06. The van der Waals surface area contributed by atoms with Crippen molar-refractivity contribution in [3.63, 3.8) is 0 Å². The van der Waals surface area contributed by atoms with Crippen LogP contribution in [0.4, 0.5) is 0 Å². The number of aliphatic hydroxyl groups excluding tert-OH is 2. The molecule has 10 heavy (non-hydrogen) atoms. The van der Waals surface area contributed by atoms with Crippen LogP contribution in [0.3, 0.4) is 0 Å². The molecule has 0 aromatic carbocycles. The summed E-state index contributed by atoms with van der Waals surface area (Å²) in [6.45, 7) is 0.511. The second kappa shape index (κ2) is 3.58. The first-order valence-corrected chi connectivity index (χ1v) is 3.44. The molecule has 1 atom stereocenters. The molecule has 1 aliphatic rings. The maximum absolute atomic E-state index is 9.08. The van der Waals surface area contributed by atoms with Gasteiger partial charge in [-0.3, -0.25) is 0 Å². The molecule has 1 rings (SSSR count). The van der Waals surface area contributed by atoms with Crippen molar-refractivity contribution in [1.82, 2.24) is 0 Å². The Kier molecular flexibility index (Phi) is 2.71. The van der Waals surface area contributed by atoms with Crippen LogP contribution >= 0.6 is 0 Å². The lowest BCUT2D eigenvalue weighted by Gasteiger charge is -2.16. The second-order valence-corrected chi connectivity index (χ2v) is 2.37. The van der Waals surface area contributed by atoms with Gasteiger partial charge >= 0.3 is 0 Å². The average Bonchev–Trinajstić information content (AvgIpc) is 2.05. The van der Waals surface area contributed by atoms with Gasteiger partial charge in [-0.2, -0.15) is 0 Å². The van der Waals surface area contributed by atoms with Gasteiger partial charge in [0.15, 0.2) is 0 Å². The maximum atomic E-state index is 9.08. The van der Waals surface area contributed by atoms with Gasteiger partial charge in [0.25, 0.3) is 0 Å². The van der Waals surface area contributed by atoms with Crippen LogP contribution in [0.5, 0.6) is 0 Å². The molecule has 0 fully saturated rings. The molecule has 0 aromatic rings. The molecule has 0 spiro atoms. The Bertz CT molecular complexity index is 131. The van der Waals surface area contributed by atoms with Gasteiger partial charge in [0.05, 0.1) is 19.5 Å². The molecule has 0 bridgehead atoms. The van der Waals surface area contributed by atoms with Crippen LogP contribution in [0.2, 0.25) is 0 Å². The van der Waals surface area contributed by atoms with E-state index >= 15 is 0 Å². The molecular formula is C7H12O3. The van der Waals surface area contributed by atoms with Crippen molar-refractivity contribution < 1.29 is 14.9 Å². The van der Waals surface area contributed by atoms with Crippen molar-refractivity contribution >= 4 is 0 Å². The summed E-state index contributed by atoms with van der Waals surface area (Å²) < 4.78 is 4.97. The van der Waals surface area contributed by atoms with Crippen molar-refractivity contribution in [2.45, 2.75) is 18.9 Å². The molecular weight excluding hydrogens is 132 g/mol. The SMILES string of the molecule is OCC(O)C1=COCCC1. The molecule has 0 aliphatic carbocycles. The summed E-state index contributed by atoms with van der Waals surface area (Å²) in [5.74, 6) is 0. The highest BCUT2D eigenvalue weighted by atomic mass is 16.5. The molecule has 0 saturated heterocycles. The third kappa shape index (κ3) is 1.72. The van der Waals surface area contributed by atoms with Crippen molar-refractivity contribution in [1.29, 1.82) is 0 Å². The van der Waals surface area contributed by atoms with Crippen LogP contribution in [-0.4, -0.2) is 29.5 Å². The van der Waals surface area contributed by atoms with Gasteiger partial charge in [-0.05, 0) is 18.4 Å². The minimum absolute atomic E-state index is 0.213. The lowest BCUT2D eigenvalue weighted by Crippen LogP contribution is -2.18. The Labute approximate surface area is 59.9 Å². The standard InChI is InChI=1S/C7H12O3/c8-4-7(9)6-2-1-3-10-5-6/h5,7-9H,1-4H2. The predicted octanol–water partition coefficient (Wildman–Crippen LogP) is 0.0339. The molecule has 1 unspecified atom stereocenters. The molecule has 2 N–H and O–H groups in total. The molecule has 0 radical (unpaired) electrons. The Morgan fingerprint density at radius 3 is 3.00 bits per heavy atom. The molecule has 1 aliphatic heterocycles. The van der Waals surface area contributed by atoms with Crippen molar-refractivity contribution in [2.75, 3.05) is 13.2 Å². The minimum atomic E-state index is -0.722. The van der Waals surface area contributed by atoms with Gasteiger partial charge < -0.3 is 14.9 Å². The van der Waals surface area contributed by atoms with E-state index in [1.807, 2.05) is 0 Å². The lowest BCUT2D eigenvalue weighted by atomic mass is 10.1. The Balaban J connectivity index is 2.44. The molecule has 3 nitrogen and oxygen atoms in total. The van der Waals surface area contributed by atoms with Crippen LogP contribution < -0.4 is 0 Å². The molecule has 0 amide bonds. The highest BCUT2D eigenvalue weighted by Gasteiger charge is 2.12. The number of rotatable bonds is 2. The summed E-state index contributed by atoms with van der Waals surface area (Å²) >= 11 is 0. The van der Waals surface area contributed by atoms with Gasteiger partial charge in [0, 0.05) is 0 Å².